The summed E-state index contributed by atoms with van der Waals surface area (Å²) >= 11 is 0. The zero-order valence-electron chi connectivity index (χ0n) is 13.5. The second kappa shape index (κ2) is 8.58. The summed E-state index contributed by atoms with van der Waals surface area (Å²) in [5, 5.41) is 14.5. The maximum atomic E-state index is 13.4. The third-order valence-corrected chi connectivity index (χ3v) is 2.86. The van der Waals surface area contributed by atoms with Gasteiger partial charge < -0.3 is 20.5 Å². The normalized spacial score (nSPS) is 12.4. The van der Waals surface area contributed by atoms with E-state index in [1.54, 1.807) is 0 Å². The highest BCUT2D eigenvalue weighted by molar-refractivity contribution is 5.91. The molecule has 0 radical (unpaired) electrons. The topological polar surface area (TPSA) is 70.6 Å². The number of ether oxygens (including phenoxy) is 1. The van der Waals surface area contributed by atoms with E-state index in [2.05, 4.69) is 10.6 Å². The number of aliphatic hydroxyl groups excluding tert-OH is 1. The van der Waals surface area contributed by atoms with Crippen molar-refractivity contribution in [1.82, 2.24) is 5.32 Å². The Morgan fingerprint density at radius 3 is 2.55 bits per heavy atom. The van der Waals surface area contributed by atoms with Crippen LogP contribution >= 0.6 is 0 Å². The third kappa shape index (κ3) is 6.30. The van der Waals surface area contributed by atoms with Crippen LogP contribution in [0.4, 0.5) is 14.9 Å². The van der Waals surface area contributed by atoms with Gasteiger partial charge in [-0.2, -0.15) is 0 Å². The molecular formula is C16H25FN2O3. The minimum Gasteiger partial charge on any atom is -0.489 e. The highest BCUT2D eigenvalue weighted by Crippen LogP contribution is 2.26. The molecule has 0 fully saturated rings. The second-order valence-electron chi connectivity index (χ2n) is 5.91. The number of nitrogens with one attached hydrogen (secondary N) is 2. The van der Waals surface area contributed by atoms with Crippen molar-refractivity contribution < 1.29 is 19.0 Å². The first kappa shape index (κ1) is 18.2. The van der Waals surface area contributed by atoms with Crippen LogP contribution in [0.3, 0.4) is 0 Å². The molecule has 0 saturated carbocycles. The molecule has 1 rings (SSSR count). The van der Waals surface area contributed by atoms with E-state index in [0.29, 0.717) is 18.1 Å². The quantitative estimate of drug-likeness (QED) is 0.724. The molecule has 3 N–H and O–H groups in total. The van der Waals surface area contributed by atoms with Crippen molar-refractivity contribution in [3.05, 3.63) is 24.0 Å². The number of urea groups is 1. The monoisotopic (exact) mass is 312 g/mol. The molecule has 0 bridgehead atoms. The standard InChI is InChI=1S/C16H25FN2O3/c1-10(2)7-13(9-20)18-16(21)19-14-8-12(17)5-6-15(14)22-11(3)4/h5-6,8,10-11,13,20H,7,9H2,1-4H3,(H2,18,19,21). The Bertz CT molecular complexity index is 492. The SMILES string of the molecule is CC(C)CC(CO)NC(=O)Nc1cc(F)ccc1OC(C)C. The summed E-state index contributed by atoms with van der Waals surface area (Å²) in [6.45, 7) is 7.55. The van der Waals surface area contributed by atoms with E-state index in [0.717, 1.165) is 0 Å². The summed E-state index contributed by atoms with van der Waals surface area (Å²) < 4.78 is 18.9. The Labute approximate surface area is 130 Å². The van der Waals surface area contributed by atoms with Crippen molar-refractivity contribution >= 4 is 11.7 Å². The van der Waals surface area contributed by atoms with Gasteiger partial charge in [-0.1, -0.05) is 13.8 Å². The predicted molar refractivity (Wildman–Crippen MR) is 84.6 cm³/mol. The van der Waals surface area contributed by atoms with Gasteiger partial charge in [0.1, 0.15) is 11.6 Å². The van der Waals surface area contributed by atoms with E-state index in [1.807, 2.05) is 27.7 Å². The summed E-state index contributed by atoms with van der Waals surface area (Å²) in [6, 6.07) is 3.11. The molecule has 1 aromatic rings. The maximum absolute atomic E-state index is 13.4. The van der Waals surface area contributed by atoms with Crippen molar-refractivity contribution in [2.75, 3.05) is 11.9 Å². The molecule has 0 aromatic heterocycles. The first-order chi connectivity index (χ1) is 10.3. The Balaban J connectivity index is 2.76. The summed E-state index contributed by atoms with van der Waals surface area (Å²) in [5.74, 6) is 0.273. The van der Waals surface area contributed by atoms with E-state index in [-0.39, 0.29) is 24.4 Å². The number of carbonyl (C=O) groups excluding carboxylic acids is 1. The number of carbonyl (C=O) groups is 1. The number of halogens is 1. The van der Waals surface area contributed by atoms with Crippen LogP contribution in [0.5, 0.6) is 5.75 Å². The largest absolute Gasteiger partial charge is 0.489 e. The van der Waals surface area contributed by atoms with Crippen molar-refractivity contribution in [3.63, 3.8) is 0 Å². The van der Waals surface area contributed by atoms with Crippen molar-refractivity contribution in [3.8, 4) is 5.75 Å². The zero-order valence-corrected chi connectivity index (χ0v) is 13.5. The minimum absolute atomic E-state index is 0.0970. The molecule has 0 heterocycles. The molecule has 0 saturated heterocycles. The number of amides is 2. The van der Waals surface area contributed by atoms with Crippen LogP contribution in [0.15, 0.2) is 18.2 Å². The fourth-order valence-corrected chi connectivity index (χ4v) is 2.05. The van der Waals surface area contributed by atoms with Gasteiger partial charge >= 0.3 is 6.03 Å². The van der Waals surface area contributed by atoms with Crippen LogP contribution in [-0.2, 0) is 0 Å². The van der Waals surface area contributed by atoms with Crippen LogP contribution in [0.25, 0.3) is 0 Å². The van der Waals surface area contributed by atoms with Gasteiger partial charge in [0.05, 0.1) is 24.4 Å². The van der Waals surface area contributed by atoms with Crippen molar-refractivity contribution in [2.45, 2.75) is 46.3 Å². The van der Waals surface area contributed by atoms with Gasteiger partial charge in [0, 0.05) is 6.07 Å². The van der Waals surface area contributed by atoms with Gasteiger partial charge in [0.2, 0.25) is 0 Å². The first-order valence-electron chi connectivity index (χ1n) is 7.46. The van der Waals surface area contributed by atoms with E-state index < -0.39 is 11.8 Å². The molecule has 0 spiro atoms. The van der Waals surface area contributed by atoms with Crippen molar-refractivity contribution in [1.29, 1.82) is 0 Å². The molecule has 1 unspecified atom stereocenters. The lowest BCUT2D eigenvalue weighted by molar-refractivity contribution is 0.213. The second-order valence-corrected chi connectivity index (χ2v) is 5.91. The van der Waals surface area contributed by atoms with E-state index >= 15 is 0 Å². The molecule has 6 heteroatoms. The Morgan fingerprint density at radius 2 is 2.00 bits per heavy atom. The fraction of sp³-hybridized carbons (Fsp3) is 0.562. The number of benzene rings is 1. The smallest absolute Gasteiger partial charge is 0.319 e. The maximum Gasteiger partial charge on any atom is 0.319 e. The molecule has 1 aromatic carbocycles. The lowest BCUT2D eigenvalue weighted by atomic mass is 10.0. The van der Waals surface area contributed by atoms with Gasteiger partial charge in [-0.3, -0.25) is 0 Å². The van der Waals surface area contributed by atoms with Crippen LogP contribution in [0.2, 0.25) is 0 Å². The number of rotatable bonds is 7. The molecule has 0 aliphatic heterocycles. The summed E-state index contributed by atoms with van der Waals surface area (Å²) in [6.07, 6.45) is 0.558. The van der Waals surface area contributed by atoms with E-state index in [9.17, 15) is 14.3 Å². The molecule has 1 atom stereocenters. The zero-order chi connectivity index (χ0) is 16.7. The summed E-state index contributed by atoms with van der Waals surface area (Å²) in [7, 11) is 0. The molecule has 22 heavy (non-hydrogen) atoms. The fourth-order valence-electron chi connectivity index (χ4n) is 2.05. The number of aliphatic hydroxyl groups is 1. The Hall–Kier alpha value is -1.82. The Morgan fingerprint density at radius 1 is 1.32 bits per heavy atom. The molecule has 0 aliphatic rings. The van der Waals surface area contributed by atoms with E-state index in [4.69, 9.17) is 4.74 Å². The lowest BCUT2D eigenvalue weighted by Gasteiger charge is -2.20. The van der Waals surface area contributed by atoms with Gasteiger partial charge in [-0.15, -0.1) is 0 Å². The highest BCUT2D eigenvalue weighted by Gasteiger charge is 2.15. The van der Waals surface area contributed by atoms with Crippen LogP contribution in [-0.4, -0.2) is 29.9 Å². The molecule has 0 aliphatic carbocycles. The van der Waals surface area contributed by atoms with Crippen LogP contribution in [0.1, 0.15) is 34.1 Å². The summed E-state index contributed by atoms with van der Waals surface area (Å²) in [5.41, 5.74) is 0.257. The van der Waals surface area contributed by atoms with Gasteiger partial charge in [0.25, 0.3) is 0 Å². The average molecular weight is 312 g/mol. The van der Waals surface area contributed by atoms with Crippen LogP contribution in [0, 0.1) is 11.7 Å². The van der Waals surface area contributed by atoms with Crippen molar-refractivity contribution in [2.24, 2.45) is 5.92 Å². The lowest BCUT2D eigenvalue weighted by Crippen LogP contribution is -2.41. The molecule has 5 nitrogen and oxygen atoms in total. The first-order valence-corrected chi connectivity index (χ1v) is 7.46. The number of hydrogen-bond acceptors (Lipinski definition) is 3. The molecule has 2 amide bonds. The highest BCUT2D eigenvalue weighted by atomic mass is 19.1. The predicted octanol–water partition coefficient (Wildman–Crippen LogP) is 3.14. The molecular weight excluding hydrogens is 287 g/mol. The molecule has 124 valence electrons. The third-order valence-electron chi connectivity index (χ3n) is 2.86. The number of hydrogen-bond donors (Lipinski definition) is 3. The Kier molecular flexibility index (Phi) is 7.11. The van der Waals surface area contributed by atoms with Gasteiger partial charge in [-0.05, 0) is 38.3 Å². The van der Waals surface area contributed by atoms with E-state index in [1.165, 1.54) is 18.2 Å². The van der Waals surface area contributed by atoms with Crippen LogP contribution < -0.4 is 15.4 Å². The van der Waals surface area contributed by atoms with Gasteiger partial charge in [-0.25, -0.2) is 9.18 Å². The summed E-state index contributed by atoms with van der Waals surface area (Å²) in [4.78, 5) is 12.0. The number of anilines is 1. The minimum atomic E-state index is -0.501. The van der Waals surface area contributed by atoms with Gasteiger partial charge in [0.15, 0.2) is 0 Å². The average Bonchev–Trinajstić information content (AvgIpc) is 2.40.